The van der Waals surface area contributed by atoms with Crippen molar-refractivity contribution in [3.8, 4) is 108 Å². The lowest BCUT2D eigenvalue weighted by Crippen LogP contribution is -2.25. The van der Waals surface area contributed by atoms with E-state index in [-0.39, 0.29) is 47.8 Å². The number of hydrogen-bond donors (Lipinski definition) is 1. The van der Waals surface area contributed by atoms with E-state index in [0.29, 0.717) is 96.9 Å². The molecule has 0 unspecified atom stereocenters. The van der Waals surface area contributed by atoms with Crippen molar-refractivity contribution in [2.45, 2.75) is 79.1 Å². The van der Waals surface area contributed by atoms with E-state index in [9.17, 15) is 65.9 Å². The number of pyridine rings is 1. The SMILES string of the molecule is C=C(COc1noc2ccc(-c3ccc(OC(F)(F)F)cc3)cc12)N(CC)CC.CCc1cn(-c2noc3ccc(-c4ccc(OC(F)(F)F)cc4)cc23)cn1.COc1ccnc(CNc2noc3ccc(-c4ccc(OC(F)(F)F)cc4)cc23)n1.Cc1noc2ccc(-c3ccc(OC(F)(F)F)cc3)cc12.FC(F)(F)Oc1ccc(-c2cc3c(OCc4ncccn4)noc3cn2)cc1. The maximum absolute atomic E-state index is 12.3. The first kappa shape index (κ1) is 94.7. The highest BCUT2D eigenvalue weighted by molar-refractivity contribution is 5.93. The minimum absolute atomic E-state index is 0.101. The molecule has 0 aliphatic heterocycles. The van der Waals surface area contributed by atoms with Crippen molar-refractivity contribution in [3.63, 3.8) is 0 Å². The Hall–Kier alpha value is -16.5. The van der Waals surface area contributed by atoms with Gasteiger partial charge in [-0.1, -0.05) is 102 Å². The number of aromatic nitrogens is 12. The van der Waals surface area contributed by atoms with Crippen LogP contribution in [0.1, 0.15) is 43.8 Å². The second kappa shape index (κ2) is 41.3. The van der Waals surface area contributed by atoms with E-state index in [2.05, 4.69) is 96.2 Å². The van der Waals surface area contributed by atoms with Crippen LogP contribution in [0.25, 0.3) is 116 Å². The zero-order valence-corrected chi connectivity index (χ0v) is 70.9. The van der Waals surface area contributed by atoms with Crippen molar-refractivity contribution in [2.24, 2.45) is 0 Å². The molecule has 18 rings (SSSR count). The highest BCUT2D eigenvalue weighted by Crippen LogP contribution is 2.39. The number of anilines is 1. The van der Waals surface area contributed by atoms with E-state index < -0.39 is 31.8 Å². The van der Waals surface area contributed by atoms with Gasteiger partial charge >= 0.3 is 31.8 Å². The third kappa shape index (κ3) is 25.8. The zero-order chi connectivity index (χ0) is 95.8. The van der Waals surface area contributed by atoms with Gasteiger partial charge in [-0.2, -0.15) is 4.98 Å². The predicted molar refractivity (Wildman–Crippen MR) is 460 cm³/mol. The van der Waals surface area contributed by atoms with Crippen molar-refractivity contribution in [3.05, 3.63) is 285 Å². The van der Waals surface area contributed by atoms with Gasteiger partial charge in [0.15, 0.2) is 51.2 Å². The summed E-state index contributed by atoms with van der Waals surface area (Å²) in [6.07, 6.45) is -13.0. The number of ether oxygens (including phenoxy) is 8. The Bertz CT molecular complexity index is 7010. The number of alkyl halides is 15. The van der Waals surface area contributed by atoms with Crippen molar-refractivity contribution >= 4 is 60.7 Å². The van der Waals surface area contributed by atoms with Gasteiger partial charge < -0.3 is 70.7 Å². The predicted octanol–water partition coefficient (Wildman–Crippen LogP) is 24.4. The summed E-state index contributed by atoms with van der Waals surface area (Å²) in [5.74, 6) is 1.76. The van der Waals surface area contributed by atoms with E-state index in [1.54, 1.807) is 133 Å². The standard InChI is InChI=1S/C21H21F3N2O3.C20H15F3N4O3.C19H14F3N3O2.C18H11F3N4O3.C15H10F3NO2/c1-4-26(5-2)14(3)13-27-20-18-12-16(8-11-19(18)29-25-20)15-6-9-17(10-7-15)28-21(22,23)24;1-28-18-8-9-24-17(26-18)11-25-19-15-10-13(4-7-16(15)30-27-19)12-2-5-14(6-3-12)29-20(21,22)23;1-2-14-10-25(11-23-14)18-16-9-13(5-8-17(16)27-24-18)12-3-6-15(7-4-12)26-19(20,21)22;19-18(20,21)27-12-4-2-11(3-5-12)14-8-13-15(9-24-14)28-25-17(13)26-10-16-22-6-1-7-23-16;1-9-13-8-11(4-7-14(13)21-19-9)10-2-5-12(6-3-10)20-15(16,17)18/h6-12H,3-5,13H2,1-2H3;2-10H,11H2,1H3,(H,25,27);3-11H,2H2,1H3;1-9H,10H2;2-8H,1H3. The van der Waals surface area contributed by atoms with E-state index >= 15 is 0 Å². The number of likely N-dealkylation sites (N-methyl/N-ethyl adjacent to an activating group) is 1. The molecule has 0 amide bonds. The molecule has 9 aromatic carbocycles. The fourth-order valence-corrected chi connectivity index (χ4v) is 13.1. The number of imidazole rings is 1. The summed E-state index contributed by atoms with van der Waals surface area (Å²) in [6.45, 7) is 14.3. The minimum Gasteiger partial charge on any atom is -0.481 e. The van der Waals surface area contributed by atoms with Crippen LogP contribution >= 0.6 is 0 Å². The summed E-state index contributed by atoms with van der Waals surface area (Å²) < 4.78 is 248. The maximum Gasteiger partial charge on any atom is 0.573 e. The van der Waals surface area contributed by atoms with Crippen LogP contribution in [0.2, 0.25) is 0 Å². The van der Waals surface area contributed by atoms with Crippen LogP contribution in [0.15, 0.2) is 285 Å². The third-order valence-corrected chi connectivity index (χ3v) is 19.5. The Morgan fingerprint density at radius 3 is 1.28 bits per heavy atom. The Morgan fingerprint density at radius 2 is 0.807 bits per heavy atom. The van der Waals surface area contributed by atoms with Crippen molar-refractivity contribution in [2.75, 3.05) is 32.1 Å². The molecule has 696 valence electrons. The second-order valence-corrected chi connectivity index (χ2v) is 28.5. The van der Waals surface area contributed by atoms with E-state index in [1.165, 1.54) is 86.1 Å². The van der Waals surface area contributed by atoms with Crippen LogP contribution in [-0.4, -0.2) is 124 Å². The first-order chi connectivity index (χ1) is 64.5. The number of hydrogen-bond acceptors (Lipinski definition) is 26. The number of nitrogens with zero attached hydrogens (tertiary/aromatic N) is 13. The highest BCUT2D eigenvalue weighted by Gasteiger charge is 2.35. The van der Waals surface area contributed by atoms with Gasteiger partial charge in [0.25, 0.3) is 11.8 Å². The van der Waals surface area contributed by atoms with Gasteiger partial charge in [0.1, 0.15) is 48.3 Å². The van der Waals surface area contributed by atoms with Crippen LogP contribution in [0.5, 0.6) is 46.4 Å². The maximum atomic E-state index is 12.3. The fourth-order valence-electron chi connectivity index (χ4n) is 13.1. The summed E-state index contributed by atoms with van der Waals surface area (Å²) in [5.41, 5.74) is 12.7. The molecule has 135 heavy (non-hydrogen) atoms. The van der Waals surface area contributed by atoms with Gasteiger partial charge in [0.05, 0.1) is 58.5 Å². The number of rotatable bonds is 25. The molecule has 0 aliphatic carbocycles. The van der Waals surface area contributed by atoms with Gasteiger partial charge in [0.2, 0.25) is 5.88 Å². The highest BCUT2D eigenvalue weighted by atomic mass is 19.4. The minimum atomic E-state index is -4.74. The van der Waals surface area contributed by atoms with Crippen LogP contribution in [-0.2, 0) is 19.6 Å². The molecule has 0 atom stereocenters. The van der Waals surface area contributed by atoms with Crippen LogP contribution < -0.4 is 43.2 Å². The van der Waals surface area contributed by atoms with Crippen LogP contribution in [0, 0.1) is 6.92 Å². The number of benzene rings is 9. The molecule has 9 aromatic heterocycles. The molecule has 0 fully saturated rings. The van der Waals surface area contributed by atoms with Gasteiger partial charge in [-0.15, -0.1) is 65.9 Å². The van der Waals surface area contributed by atoms with E-state index in [0.717, 1.165) is 91.9 Å². The molecule has 0 saturated heterocycles. The monoisotopic (exact) mass is 1880 g/mol. The molecule has 0 spiro atoms. The molecule has 9 heterocycles. The average molecular weight is 1880 g/mol. The van der Waals surface area contributed by atoms with Gasteiger partial charge in [-0.25, -0.2) is 19.9 Å². The number of fused-ring (bicyclic) bond motifs is 5. The normalized spacial score (nSPS) is 11.6. The lowest BCUT2D eigenvalue weighted by Gasteiger charge is -2.22. The number of aryl methyl sites for hydroxylation is 2. The fraction of sp³-hybridized carbons (Fsp3) is 0.172. The first-order valence-electron chi connectivity index (χ1n) is 40.2. The summed E-state index contributed by atoms with van der Waals surface area (Å²) in [4.78, 5) is 27.1. The number of halogens is 15. The van der Waals surface area contributed by atoms with Crippen molar-refractivity contribution < 1.29 is 126 Å². The Morgan fingerprint density at radius 1 is 0.407 bits per heavy atom. The first-order valence-corrected chi connectivity index (χ1v) is 40.2. The Balaban J connectivity index is 0.000000136. The average Bonchev–Trinajstić information content (AvgIpc) is 1.69. The molecular formula is C93H71F15N14O13. The summed E-state index contributed by atoms with van der Waals surface area (Å²) in [6, 6.07) is 54.8. The summed E-state index contributed by atoms with van der Waals surface area (Å²) >= 11 is 0. The van der Waals surface area contributed by atoms with Gasteiger partial charge in [-0.3, -0.25) is 9.55 Å². The topological polar surface area (TPSA) is 302 Å². The largest absolute Gasteiger partial charge is 0.573 e. The summed E-state index contributed by atoms with van der Waals surface area (Å²) in [7, 11) is 1.52. The van der Waals surface area contributed by atoms with Crippen LogP contribution in [0.3, 0.4) is 0 Å². The molecule has 0 aliphatic rings. The van der Waals surface area contributed by atoms with Crippen molar-refractivity contribution in [1.29, 1.82) is 0 Å². The number of methoxy groups -OCH3 is 1. The molecule has 0 radical (unpaired) electrons. The zero-order valence-electron chi connectivity index (χ0n) is 70.9. The molecule has 0 saturated carbocycles. The van der Waals surface area contributed by atoms with Gasteiger partial charge in [0, 0.05) is 60.6 Å². The second-order valence-electron chi connectivity index (χ2n) is 28.5. The smallest absolute Gasteiger partial charge is 0.481 e. The molecule has 1 N–H and O–H groups in total. The Labute approximate surface area is 753 Å². The van der Waals surface area contributed by atoms with Gasteiger partial charge in [-0.05, 0) is 215 Å². The molecule has 0 bridgehead atoms. The van der Waals surface area contributed by atoms with Crippen molar-refractivity contribution in [1.82, 2.24) is 65.2 Å². The lowest BCUT2D eigenvalue weighted by molar-refractivity contribution is -0.275. The molecule has 18 aromatic rings. The third-order valence-electron chi connectivity index (χ3n) is 19.5. The molecular weight excluding hydrogens is 1810 g/mol. The van der Waals surface area contributed by atoms with E-state index in [4.69, 9.17) is 36.8 Å². The number of nitrogens with one attached hydrogen (secondary N) is 1. The summed E-state index contributed by atoms with van der Waals surface area (Å²) in [5, 5.41) is 26.6. The lowest BCUT2D eigenvalue weighted by atomic mass is 10.0. The van der Waals surface area contributed by atoms with Crippen LogP contribution in [0.4, 0.5) is 71.7 Å². The van der Waals surface area contributed by atoms with E-state index in [1.807, 2.05) is 70.3 Å². The molecule has 27 nitrogen and oxygen atoms in total. The quantitative estimate of drug-likeness (QED) is 0.0520. The Kier molecular flexibility index (Phi) is 29.0. The molecule has 42 heteroatoms.